The van der Waals surface area contributed by atoms with Crippen LogP contribution in [0.3, 0.4) is 0 Å². The average Bonchev–Trinajstić information content (AvgIpc) is 2.38. The number of hydrogen-bond acceptors (Lipinski definition) is 3. The largest absolute Gasteiger partial charge is 0.387 e. The van der Waals surface area contributed by atoms with Crippen molar-refractivity contribution in [1.82, 2.24) is 10.2 Å². The Morgan fingerprint density at radius 1 is 1.05 bits per heavy atom. The predicted molar refractivity (Wildman–Crippen MR) is 86.0 cm³/mol. The Labute approximate surface area is 124 Å². The van der Waals surface area contributed by atoms with E-state index in [9.17, 15) is 5.11 Å². The van der Waals surface area contributed by atoms with Crippen molar-refractivity contribution in [1.29, 1.82) is 0 Å². The van der Waals surface area contributed by atoms with Crippen molar-refractivity contribution in [3.8, 4) is 0 Å². The van der Waals surface area contributed by atoms with E-state index in [0.29, 0.717) is 18.5 Å². The Bertz CT molecular complexity index is 373. The van der Waals surface area contributed by atoms with Gasteiger partial charge in [0.2, 0.25) is 0 Å². The molecule has 114 valence electrons. The summed E-state index contributed by atoms with van der Waals surface area (Å²) in [6.07, 6.45) is 0.659. The smallest absolute Gasteiger partial charge is 0.0914 e. The van der Waals surface area contributed by atoms with E-state index in [4.69, 9.17) is 0 Å². The molecule has 0 bridgehead atoms. The Balaban J connectivity index is 2.41. The fraction of sp³-hybridized carbons (Fsp3) is 0.647. The number of benzene rings is 1. The fourth-order valence-corrected chi connectivity index (χ4v) is 2.08. The first-order valence-corrected chi connectivity index (χ1v) is 7.54. The molecule has 2 atom stereocenters. The molecule has 1 aromatic rings. The highest BCUT2D eigenvalue weighted by molar-refractivity contribution is 5.24. The maximum Gasteiger partial charge on any atom is 0.0914 e. The molecule has 0 aliphatic heterocycles. The molecular formula is C17H30N2O. The maximum atomic E-state index is 10.2. The number of aliphatic hydroxyl groups is 1. The monoisotopic (exact) mass is 278 g/mol. The highest BCUT2D eigenvalue weighted by Crippen LogP contribution is 2.15. The van der Waals surface area contributed by atoms with Crippen LogP contribution in [0.1, 0.15) is 38.0 Å². The summed E-state index contributed by atoms with van der Waals surface area (Å²) in [5.74, 6) is 0.667. The summed E-state index contributed by atoms with van der Waals surface area (Å²) in [5, 5.41) is 13.5. The van der Waals surface area contributed by atoms with E-state index in [0.717, 1.165) is 18.5 Å². The first-order chi connectivity index (χ1) is 9.40. The van der Waals surface area contributed by atoms with E-state index in [2.05, 4.69) is 57.2 Å². The molecule has 0 spiro atoms. The molecule has 1 rings (SSSR count). The van der Waals surface area contributed by atoms with Crippen molar-refractivity contribution >= 4 is 0 Å². The molecule has 2 N–H and O–H groups in total. The Morgan fingerprint density at radius 2 is 1.65 bits per heavy atom. The van der Waals surface area contributed by atoms with Crippen molar-refractivity contribution in [3.05, 3.63) is 35.4 Å². The van der Waals surface area contributed by atoms with Crippen LogP contribution in [0, 0.1) is 5.92 Å². The normalized spacial score (nSPS) is 14.8. The van der Waals surface area contributed by atoms with Crippen LogP contribution >= 0.6 is 0 Å². The van der Waals surface area contributed by atoms with E-state index < -0.39 is 6.10 Å². The van der Waals surface area contributed by atoms with Gasteiger partial charge >= 0.3 is 0 Å². The van der Waals surface area contributed by atoms with Gasteiger partial charge in [-0.05, 0) is 44.5 Å². The highest BCUT2D eigenvalue weighted by atomic mass is 16.3. The maximum absolute atomic E-state index is 10.2. The van der Waals surface area contributed by atoms with E-state index in [-0.39, 0.29) is 0 Å². The lowest BCUT2D eigenvalue weighted by Crippen LogP contribution is -2.37. The van der Waals surface area contributed by atoms with Crippen LogP contribution in [0.25, 0.3) is 0 Å². The SMILES string of the molecule is CC(C)Cc1ccc(C(O)CNCC(C)N(C)C)cc1. The summed E-state index contributed by atoms with van der Waals surface area (Å²) in [4.78, 5) is 2.17. The number of nitrogens with zero attached hydrogens (tertiary/aromatic N) is 1. The van der Waals surface area contributed by atoms with Crippen molar-refractivity contribution in [2.24, 2.45) is 5.92 Å². The van der Waals surface area contributed by atoms with Crippen molar-refractivity contribution in [2.45, 2.75) is 39.3 Å². The van der Waals surface area contributed by atoms with Gasteiger partial charge in [0.15, 0.2) is 0 Å². The molecule has 0 aromatic heterocycles. The molecule has 0 aliphatic rings. The van der Waals surface area contributed by atoms with Crippen LogP contribution in [0.2, 0.25) is 0 Å². The zero-order valence-electron chi connectivity index (χ0n) is 13.6. The molecule has 0 saturated heterocycles. The lowest BCUT2D eigenvalue weighted by Gasteiger charge is -2.21. The quantitative estimate of drug-likeness (QED) is 0.767. The molecule has 0 radical (unpaired) electrons. The van der Waals surface area contributed by atoms with E-state index in [1.165, 1.54) is 5.56 Å². The molecule has 0 amide bonds. The summed E-state index contributed by atoms with van der Waals surface area (Å²) in [5.41, 5.74) is 2.33. The van der Waals surface area contributed by atoms with Crippen LogP contribution in [-0.4, -0.2) is 43.2 Å². The first-order valence-electron chi connectivity index (χ1n) is 7.54. The fourth-order valence-electron chi connectivity index (χ4n) is 2.08. The summed E-state index contributed by atoms with van der Waals surface area (Å²) in [6.45, 7) is 8.09. The second-order valence-electron chi connectivity index (χ2n) is 6.33. The summed E-state index contributed by atoms with van der Waals surface area (Å²) < 4.78 is 0. The summed E-state index contributed by atoms with van der Waals surface area (Å²) >= 11 is 0. The Morgan fingerprint density at radius 3 is 2.15 bits per heavy atom. The van der Waals surface area contributed by atoms with Crippen molar-refractivity contribution in [3.63, 3.8) is 0 Å². The van der Waals surface area contributed by atoms with Gasteiger partial charge in [-0.1, -0.05) is 38.1 Å². The second kappa shape index (κ2) is 8.40. The number of likely N-dealkylation sites (N-methyl/N-ethyl adjacent to an activating group) is 1. The zero-order valence-corrected chi connectivity index (χ0v) is 13.6. The predicted octanol–water partition coefficient (Wildman–Crippen LogP) is 2.46. The highest BCUT2D eigenvalue weighted by Gasteiger charge is 2.09. The number of aliphatic hydroxyl groups excluding tert-OH is 1. The molecule has 0 saturated carbocycles. The standard InChI is InChI=1S/C17H30N2O/c1-13(2)10-15-6-8-16(9-7-15)17(20)12-18-11-14(3)19(4)5/h6-9,13-14,17-18,20H,10-12H2,1-5H3. The van der Waals surface area contributed by atoms with Gasteiger partial charge in [-0.15, -0.1) is 0 Å². The number of hydrogen-bond donors (Lipinski definition) is 2. The third-order valence-electron chi connectivity index (χ3n) is 3.67. The second-order valence-corrected chi connectivity index (χ2v) is 6.33. The van der Waals surface area contributed by atoms with Gasteiger partial charge in [0.25, 0.3) is 0 Å². The molecule has 1 aromatic carbocycles. The summed E-state index contributed by atoms with van der Waals surface area (Å²) in [6, 6.07) is 8.80. The van der Waals surface area contributed by atoms with Crippen LogP contribution in [0.5, 0.6) is 0 Å². The lowest BCUT2D eigenvalue weighted by molar-refractivity contribution is 0.170. The minimum Gasteiger partial charge on any atom is -0.387 e. The van der Waals surface area contributed by atoms with Gasteiger partial charge in [0.1, 0.15) is 0 Å². The van der Waals surface area contributed by atoms with Crippen molar-refractivity contribution in [2.75, 3.05) is 27.2 Å². The van der Waals surface area contributed by atoms with Crippen LogP contribution < -0.4 is 5.32 Å². The van der Waals surface area contributed by atoms with Gasteiger partial charge in [-0.25, -0.2) is 0 Å². The van der Waals surface area contributed by atoms with Gasteiger partial charge in [0, 0.05) is 19.1 Å². The minimum atomic E-state index is -0.433. The Kier molecular flexibility index (Phi) is 7.20. The topological polar surface area (TPSA) is 35.5 Å². The third kappa shape index (κ3) is 6.04. The molecule has 2 unspecified atom stereocenters. The van der Waals surface area contributed by atoms with Gasteiger partial charge in [-0.3, -0.25) is 0 Å². The molecular weight excluding hydrogens is 248 g/mol. The van der Waals surface area contributed by atoms with E-state index in [1.54, 1.807) is 0 Å². The van der Waals surface area contributed by atoms with Crippen LogP contribution in [-0.2, 0) is 6.42 Å². The van der Waals surface area contributed by atoms with Crippen LogP contribution in [0.15, 0.2) is 24.3 Å². The zero-order chi connectivity index (χ0) is 15.1. The number of rotatable bonds is 8. The average molecular weight is 278 g/mol. The molecule has 0 fully saturated rings. The molecule has 0 aliphatic carbocycles. The first kappa shape index (κ1) is 17.2. The van der Waals surface area contributed by atoms with E-state index >= 15 is 0 Å². The van der Waals surface area contributed by atoms with E-state index in [1.807, 2.05) is 12.1 Å². The molecule has 3 heteroatoms. The summed E-state index contributed by atoms with van der Waals surface area (Å²) in [7, 11) is 4.13. The molecule has 20 heavy (non-hydrogen) atoms. The van der Waals surface area contributed by atoms with Crippen LogP contribution in [0.4, 0.5) is 0 Å². The lowest BCUT2D eigenvalue weighted by atomic mass is 10.0. The number of nitrogens with one attached hydrogen (secondary N) is 1. The van der Waals surface area contributed by atoms with Gasteiger partial charge in [-0.2, -0.15) is 0 Å². The molecule has 0 heterocycles. The molecule has 3 nitrogen and oxygen atoms in total. The minimum absolute atomic E-state index is 0.433. The van der Waals surface area contributed by atoms with Gasteiger partial charge < -0.3 is 15.3 Å². The van der Waals surface area contributed by atoms with Crippen molar-refractivity contribution < 1.29 is 5.11 Å². The Hall–Kier alpha value is -0.900. The van der Waals surface area contributed by atoms with Gasteiger partial charge in [0.05, 0.1) is 6.10 Å². The third-order valence-corrected chi connectivity index (χ3v) is 3.67.